The molecular formula is C26H25F5N2O3S. The van der Waals surface area contributed by atoms with Gasteiger partial charge in [0.1, 0.15) is 6.10 Å². The summed E-state index contributed by atoms with van der Waals surface area (Å²) in [5.41, 5.74) is 0.0205. The van der Waals surface area contributed by atoms with Crippen LogP contribution in [0.2, 0.25) is 0 Å². The molecule has 0 saturated carbocycles. The van der Waals surface area contributed by atoms with Gasteiger partial charge in [0.05, 0.1) is 17.1 Å². The molecule has 5 nitrogen and oxygen atoms in total. The van der Waals surface area contributed by atoms with Crippen LogP contribution < -0.4 is 0 Å². The molecule has 11 heteroatoms. The lowest BCUT2D eigenvalue weighted by molar-refractivity contribution is -0.139. The average Bonchev–Trinajstić information content (AvgIpc) is 2.89. The Kier molecular flexibility index (Phi) is 8.27. The third-order valence-electron chi connectivity index (χ3n) is 6.18. The maximum Gasteiger partial charge on any atom is 0.417 e. The number of hydrogen-bond donors (Lipinski definition) is 0. The highest BCUT2D eigenvalue weighted by atomic mass is 32.2. The summed E-state index contributed by atoms with van der Waals surface area (Å²) in [6.07, 6.45) is -5.43. The molecule has 0 radical (unpaired) electrons. The Hall–Kier alpha value is -2.86. The van der Waals surface area contributed by atoms with Gasteiger partial charge in [-0.05, 0) is 35.4 Å². The zero-order chi connectivity index (χ0) is 26.6. The molecule has 4 rings (SSSR count). The van der Waals surface area contributed by atoms with Gasteiger partial charge in [-0.15, -0.1) is 0 Å². The van der Waals surface area contributed by atoms with Gasteiger partial charge in [0, 0.05) is 32.7 Å². The quantitative estimate of drug-likeness (QED) is 0.374. The van der Waals surface area contributed by atoms with E-state index in [2.05, 4.69) is 0 Å². The summed E-state index contributed by atoms with van der Waals surface area (Å²) >= 11 is 0. The van der Waals surface area contributed by atoms with Gasteiger partial charge in [0.25, 0.3) is 0 Å². The smallest absolute Gasteiger partial charge is 0.367 e. The van der Waals surface area contributed by atoms with E-state index in [1.54, 1.807) is 0 Å². The van der Waals surface area contributed by atoms with E-state index in [1.807, 2.05) is 35.2 Å². The summed E-state index contributed by atoms with van der Waals surface area (Å²) < 4.78 is 100. The summed E-state index contributed by atoms with van der Waals surface area (Å²) in [6.45, 7) is 1.29. The fourth-order valence-corrected chi connectivity index (χ4v) is 5.88. The second kappa shape index (κ2) is 11.3. The topological polar surface area (TPSA) is 49.9 Å². The van der Waals surface area contributed by atoms with Crippen molar-refractivity contribution in [1.29, 1.82) is 0 Å². The molecule has 1 heterocycles. The van der Waals surface area contributed by atoms with Gasteiger partial charge < -0.3 is 4.74 Å². The summed E-state index contributed by atoms with van der Waals surface area (Å²) in [6, 6.07) is 16.8. The van der Waals surface area contributed by atoms with Crippen LogP contribution in [-0.2, 0) is 20.9 Å². The predicted octanol–water partition coefficient (Wildman–Crippen LogP) is 5.10. The molecule has 0 aliphatic carbocycles. The SMILES string of the molecule is O=S(=O)(c1ccccc1C(F)(F)F)N1CCN(CCOC(c2ccccc2)c2ccc(F)c(F)c2)CC1. The van der Waals surface area contributed by atoms with E-state index in [0.29, 0.717) is 25.2 Å². The molecular weight excluding hydrogens is 515 g/mol. The zero-order valence-corrected chi connectivity index (χ0v) is 20.5. The largest absolute Gasteiger partial charge is 0.417 e. The minimum absolute atomic E-state index is 0.0276. The molecule has 3 aromatic rings. The first-order valence-electron chi connectivity index (χ1n) is 11.6. The van der Waals surface area contributed by atoms with Crippen LogP contribution in [0.1, 0.15) is 22.8 Å². The fraction of sp³-hybridized carbons (Fsp3) is 0.308. The number of hydrogen-bond acceptors (Lipinski definition) is 4. The van der Waals surface area contributed by atoms with Crippen molar-refractivity contribution in [3.8, 4) is 0 Å². The molecule has 1 unspecified atom stereocenters. The summed E-state index contributed by atoms with van der Waals surface area (Å²) in [7, 11) is -4.32. The lowest BCUT2D eigenvalue weighted by atomic mass is 10.0. The van der Waals surface area contributed by atoms with E-state index in [9.17, 15) is 30.4 Å². The van der Waals surface area contributed by atoms with Crippen molar-refractivity contribution in [2.24, 2.45) is 0 Å². The molecule has 0 bridgehead atoms. The van der Waals surface area contributed by atoms with Gasteiger partial charge in [0.2, 0.25) is 10.0 Å². The van der Waals surface area contributed by atoms with Crippen LogP contribution in [0.5, 0.6) is 0 Å². The maximum atomic E-state index is 13.9. The monoisotopic (exact) mass is 540 g/mol. The fourth-order valence-electron chi connectivity index (χ4n) is 4.25. The number of sulfonamides is 1. The van der Waals surface area contributed by atoms with Gasteiger partial charge in [-0.3, -0.25) is 4.90 Å². The van der Waals surface area contributed by atoms with E-state index in [-0.39, 0.29) is 19.7 Å². The van der Waals surface area contributed by atoms with Crippen molar-refractivity contribution in [2.75, 3.05) is 39.3 Å². The first-order chi connectivity index (χ1) is 17.6. The summed E-state index contributed by atoms with van der Waals surface area (Å²) in [5.74, 6) is -1.94. The number of rotatable bonds is 8. The molecule has 37 heavy (non-hydrogen) atoms. The van der Waals surface area contributed by atoms with Gasteiger partial charge >= 0.3 is 6.18 Å². The van der Waals surface area contributed by atoms with E-state index in [1.165, 1.54) is 12.1 Å². The Morgan fingerprint density at radius 2 is 1.46 bits per heavy atom. The maximum absolute atomic E-state index is 13.9. The minimum Gasteiger partial charge on any atom is -0.367 e. The van der Waals surface area contributed by atoms with Crippen LogP contribution in [0.3, 0.4) is 0 Å². The van der Waals surface area contributed by atoms with Gasteiger partial charge in [-0.25, -0.2) is 17.2 Å². The Morgan fingerprint density at radius 1 is 0.811 bits per heavy atom. The van der Waals surface area contributed by atoms with E-state index < -0.39 is 44.4 Å². The van der Waals surface area contributed by atoms with Crippen molar-refractivity contribution < 1.29 is 35.1 Å². The normalized spacial score (nSPS) is 16.6. The third kappa shape index (κ3) is 6.35. The number of alkyl halides is 3. The first-order valence-corrected chi connectivity index (χ1v) is 13.0. The number of ether oxygens (including phenoxy) is 1. The minimum atomic E-state index is -4.79. The van der Waals surface area contributed by atoms with Crippen molar-refractivity contribution in [3.05, 3.63) is 101 Å². The third-order valence-corrected chi connectivity index (χ3v) is 8.14. The predicted molar refractivity (Wildman–Crippen MR) is 127 cm³/mol. The molecule has 0 N–H and O–H groups in total. The highest BCUT2D eigenvalue weighted by Crippen LogP contribution is 2.35. The van der Waals surface area contributed by atoms with E-state index in [0.717, 1.165) is 40.2 Å². The summed E-state index contributed by atoms with van der Waals surface area (Å²) in [5, 5.41) is 0. The Balaban J connectivity index is 1.38. The zero-order valence-electron chi connectivity index (χ0n) is 19.7. The lowest BCUT2D eigenvalue weighted by Crippen LogP contribution is -2.49. The van der Waals surface area contributed by atoms with Crippen LogP contribution in [0.4, 0.5) is 22.0 Å². The Morgan fingerprint density at radius 3 is 2.11 bits per heavy atom. The van der Waals surface area contributed by atoms with Crippen LogP contribution in [0.25, 0.3) is 0 Å². The van der Waals surface area contributed by atoms with Crippen LogP contribution >= 0.6 is 0 Å². The Bertz CT molecular complexity index is 1310. The molecule has 0 amide bonds. The standard InChI is InChI=1S/C26H25F5N2O3S/c27-22-11-10-20(18-23(22)28)25(19-6-2-1-3-7-19)36-17-16-32-12-14-33(15-13-32)37(34,35)24-9-5-4-8-21(24)26(29,30)31/h1-11,18,25H,12-17H2. The molecule has 0 spiro atoms. The number of benzene rings is 3. The molecule has 1 aliphatic heterocycles. The number of piperazine rings is 1. The van der Waals surface area contributed by atoms with Crippen molar-refractivity contribution in [2.45, 2.75) is 17.2 Å². The van der Waals surface area contributed by atoms with Crippen LogP contribution in [0.15, 0.2) is 77.7 Å². The molecule has 1 aliphatic rings. The van der Waals surface area contributed by atoms with Crippen molar-refractivity contribution in [3.63, 3.8) is 0 Å². The molecule has 0 aromatic heterocycles. The Labute approximate surface area is 212 Å². The van der Waals surface area contributed by atoms with Crippen molar-refractivity contribution in [1.82, 2.24) is 9.21 Å². The highest BCUT2D eigenvalue weighted by molar-refractivity contribution is 7.89. The number of halogens is 5. The molecule has 1 atom stereocenters. The highest BCUT2D eigenvalue weighted by Gasteiger charge is 2.39. The molecule has 1 fully saturated rings. The van der Waals surface area contributed by atoms with E-state index in [4.69, 9.17) is 4.74 Å². The van der Waals surface area contributed by atoms with E-state index >= 15 is 0 Å². The van der Waals surface area contributed by atoms with Gasteiger partial charge in [-0.2, -0.15) is 17.5 Å². The lowest BCUT2D eigenvalue weighted by Gasteiger charge is -2.34. The average molecular weight is 541 g/mol. The number of nitrogens with zero attached hydrogens (tertiary/aromatic N) is 2. The molecule has 3 aromatic carbocycles. The molecule has 198 valence electrons. The van der Waals surface area contributed by atoms with Crippen LogP contribution in [-0.4, -0.2) is 57.0 Å². The first kappa shape index (κ1) is 27.2. The summed E-state index contributed by atoms with van der Waals surface area (Å²) in [4.78, 5) is 1.19. The molecule has 1 saturated heterocycles. The second-order valence-corrected chi connectivity index (χ2v) is 10.5. The van der Waals surface area contributed by atoms with Crippen LogP contribution in [0, 0.1) is 11.6 Å². The second-order valence-electron chi connectivity index (χ2n) is 8.57. The van der Waals surface area contributed by atoms with Gasteiger partial charge in [-0.1, -0.05) is 48.5 Å². The van der Waals surface area contributed by atoms with Gasteiger partial charge in [0.15, 0.2) is 11.6 Å². The van der Waals surface area contributed by atoms with Crippen molar-refractivity contribution >= 4 is 10.0 Å².